The van der Waals surface area contributed by atoms with Crippen LogP contribution in [-0.4, -0.2) is 66.8 Å². The van der Waals surface area contributed by atoms with Crippen LogP contribution in [0.3, 0.4) is 0 Å². The van der Waals surface area contributed by atoms with Crippen LogP contribution < -0.4 is 5.32 Å². The first kappa shape index (κ1) is 15.5. The molecule has 0 aliphatic carbocycles. The first-order chi connectivity index (χ1) is 11.8. The summed E-state index contributed by atoms with van der Waals surface area (Å²) < 4.78 is 5.40. The number of amides is 2. The number of morpholine rings is 1. The predicted molar refractivity (Wildman–Crippen MR) is 94.3 cm³/mol. The number of hydrogen-bond acceptors (Lipinski definition) is 3. The fourth-order valence-corrected chi connectivity index (χ4v) is 3.70. The third kappa shape index (κ3) is 3.25. The third-order valence-electron chi connectivity index (χ3n) is 5.03. The van der Waals surface area contributed by atoms with Crippen molar-refractivity contribution in [2.24, 2.45) is 5.92 Å². The summed E-state index contributed by atoms with van der Waals surface area (Å²) in [5, 5.41) is 4.12. The Morgan fingerprint density at radius 1 is 1.25 bits per heavy atom. The Hall–Kier alpha value is -2.05. The number of anilines is 1. The van der Waals surface area contributed by atoms with Crippen molar-refractivity contribution in [2.45, 2.75) is 6.42 Å². The summed E-state index contributed by atoms with van der Waals surface area (Å²) in [6.07, 6.45) is 2.98. The van der Waals surface area contributed by atoms with Gasteiger partial charge in [-0.15, -0.1) is 0 Å². The van der Waals surface area contributed by atoms with Crippen LogP contribution in [0.2, 0.25) is 0 Å². The molecule has 1 aromatic carbocycles. The van der Waals surface area contributed by atoms with E-state index >= 15 is 0 Å². The average molecular weight is 328 g/mol. The van der Waals surface area contributed by atoms with Gasteiger partial charge in [-0.3, -0.25) is 4.90 Å². The highest BCUT2D eigenvalue weighted by Crippen LogP contribution is 2.24. The maximum atomic E-state index is 12.6. The second-order valence-corrected chi connectivity index (χ2v) is 6.69. The highest BCUT2D eigenvalue weighted by atomic mass is 16.5. The summed E-state index contributed by atoms with van der Waals surface area (Å²) in [6.45, 7) is 6.43. The second-order valence-electron chi connectivity index (χ2n) is 6.69. The summed E-state index contributed by atoms with van der Waals surface area (Å²) >= 11 is 0. The normalized spacial score (nSPS) is 22.2. The van der Waals surface area contributed by atoms with Crippen LogP contribution in [0.1, 0.15) is 6.42 Å². The monoisotopic (exact) mass is 328 g/mol. The molecule has 2 aromatic rings. The third-order valence-corrected chi connectivity index (χ3v) is 5.03. The molecule has 3 heterocycles. The molecular formula is C18H24N4O2. The topological polar surface area (TPSA) is 60.6 Å². The Bertz CT molecular complexity index is 708. The van der Waals surface area contributed by atoms with Gasteiger partial charge in [0, 0.05) is 49.8 Å². The van der Waals surface area contributed by atoms with Crippen LogP contribution in [0.25, 0.3) is 10.9 Å². The molecule has 2 aliphatic rings. The maximum absolute atomic E-state index is 12.6. The van der Waals surface area contributed by atoms with Gasteiger partial charge in [0.05, 0.1) is 18.9 Å². The van der Waals surface area contributed by atoms with Crippen LogP contribution in [0, 0.1) is 5.92 Å². The molecule has 24 heavy (non-hydrogen) atoms. The number of fused-ring (bicyclic) bond motifs is 1. The van der Waals surface area contributed by atoms with Crippen LogP contribution in [-0.2, 0) is 4.74 Å². The Morgan fingerprint density at radius 3 is 3.00 bits per heavy atom. The van der Waals surface area contributed by atoms with Crippen molar-refractivity contribution in [1.82, 2.24) is 14.8 Å². The molecule has 0 saturated carbocycles. The van der Waals surface area contributed by atoms with E-state index in [1.165, 1.54) is 0 Å². The van der Waals surface area contributed by atoms with Crippen LogP contribution in [0.5, 0.6) is 0 Å². The van der Waals surface area contributed by atoms with Gasteiger partial charge in [0.25, 0.3) is 0 Å². The summed E-state index contributed by atoms with van der Waals surface area (Å²) in [4.78, 5) is 20.2. The minimum atomic E-state index is 0.00757. The van der Waals surface area contributed by atoms with Gasteiger partial charge in [0.1, 0.15) is 0 Å². The molecule has 0 radical (unpaired) electrons. The minimum Gasteiger partial charge on any atom is -0.379 e. The van der Waals surface area contributed by atoms with Crippen LogP contribution in [0.15, 0.2) is 30.5 Å². The molecule has 1 atom stereocenters. The van der Waals surface area contributed by atoms with E-state index in [-0.39, 0.29) is 6.03 Å². The van der Waals surface area contributed by atoms with E-state index in [0.717, 1.165) is 68.9 Å². The lowest BCUT2D eigenvalue weighted by Gasteiger charge is -2.29. The number of carbonyl (C=O) groups is 1. The molecule has 1 aromatic heterocycles. The Morgan fingerprint density at radius 2 is 2.12 bits per heavy atom. The Labute approximate surface area is 141 Å². The van der Waals surface area contributed by atoms with Crippen molar-refractivity contribution in [2.75, 3.05) is 51.3 Å². The predicted octanol–water partition coefficient (Wildman–Crippen LogP) is 2.35. The molecule has 2 amide bonds. The number of rotatable bonds is 3. The maximum Gasteiger partial charge on any atom is 0.321 e. The zero-order valence-electron chi connectivity index (χ0n) is 13.8. The average Bonchev–Trinajstić information content (AvgIpc) is 3.25. The number of aromatic amines is 1. The fraction of sp³-hybridized carbons (Fsp3) is 0.500. The summed E-state index contributed by atoms with van der Waals surface area (Å²) in [6, 6.07) is 7.93. The first-order valence-electron chi connectivity index (χ1n) is 8.72. The van der Waals surface area contributed by atoms with E-state index in [2.05, 4.69) is 15.2 Å². The van der Waals surface area contributed by atoms with Gasteiger partial charge in [0.2, 0.25) is 0 Å². The summed E-state index contributed by atoms with van der Waals surface area (Å²) in [5.41, 5.74) is 1.91. The smallest absolute Gasteiger partial charge is 0.321 e. The number of benzene rings is 1. The van der Waals surface area contributed by atoms with E-state index < -0.39 is 0 Å². The molecule has 4 rings (SSSR count). The zero-order valence-corrected chi connectivity index (χ0v) is 13.8. The molecule has 128 valence electrons. The largest absolute Gasteiger partial charge is 0.379 e. The highest BCUT2D eigenvalue weighted by molar-refractivity contribution is 6.00. The minimum absolute atomic E-state index is 0.00757. The van der Waals surface area contributed by atoms with Crippen molar-refractivity contribution in [3.05, 3.63) is 30.5 Å². The van der Waals surface area contributed by atoms with E-state index in [4.69, 9.17) is 4.74 Å². The molecule has 0 bridgehead atoms. The molecule has 2 aliphatic heterocycles. The fourth-order valence-electron chi connectivity index (χ4n) is 3.70. The number of ether oxygens (including phenoxy) is 1. The van der Waals surface area contributed by atoms with E-state index in [0.29, 0.717) is 5.92 Å². The van der Waals surface area contributed by atoms with Crippen molar-refractivity contribution in [1.29, 1.82) is 0 Å². The molecule has 0 spiro atoms. The lowest BCUT2D eigenvalue weighted by atomic mass is 10.1. The van der Waals surface area contributed by atoms with Crippen LogP contribution >= 0.6 is 0 Å². The van der Waals surface area contributed by atoms with Gasteiger partial charge >= 0.3 is 6.03 Å². The molecule has 2 saturated heterocycles. The lowest BCUT2D eigenvalue weighted by Crippen LogP contribution is -2.40. The van der Waals surface area contributed by atoms with Gasteiger partial charge in [-0.2, -0.15) is 0 Å². The van der Waals surface area contributed by atoms with Gasteiger partial charge in [-0.05, 0) is 30.5 Å². The van der Waals surface area contributed by atoms with Crippen molar-refractivity contribution >= 4 is 22.6 Å². The van der Waals surface area contributed by atoms with Crippen molar-refractivity contribution < 1.29 is 9.53 Å². The van der Waals surface area contributed by atoms with Gasteiger partial charge in [-0.25, -0.2) is 4.79 Å². The van der Waals surface area contributed by atoms with Crippen molar-refractivity contribution in [3.8, 4) is 0 Å². The highest BCUT2D eigenvalue weighted by Gasteiger charge is 2.28. The molecule has 2 N–H and O–H groups in total. The number of urea groups is 1. The van der Waals surface area contributed by atoms with Gasteiger partial charge in [0.15, 0.2) is 0 Å². The quantitative estimate of drug-likeness (QED) is 0.909. The standard InChI is InChI=1S/C18H24N4O2/c23-18(20-17-3-1-2-16-15(17)4-6-19-16)22-7-5-14(13-22)12-21-8-10-24-11-9-21/h1-4,6,14,19H,5,7-13H2,(H,20,23)/t14-/m1/s1. The molecule has 6 nitrogen and oxygen atoms in total. The summed E-state index contributed by atoms with van der Waals surface area (Å²) in [7, 11) is 0. The molecule has 6 heteroatoms. The SMILES string of the molecule is O=C(Nc1cccc2[nH]ccc12)N1CC[C@H](CN2CCOCC2)C1. The zero-order chi connectivity index (χ0) is 16.4. The Kier molecular flexibility index (Phi) is 4.40. The molecular weight excluding hydrogens is 304 g/mol. The van der Waals surface area contributed by atoms with Crippen LogP contribution in [0.4, 0.5) is 10.5 Å². The molecule has 2 fully saturated rings. The number of aromatic nitrogens is 1. The second kappa shape index (κ2) is 6.83. The number of H-pyrrole nitrogens is 1. The van der Waals surface area contributed by atoms with E-state index in [1.54, 1.807) is 0 Å². The van der Waals surface area contributed by atoms with E-state index in [1.807, 2.05) is 35.4 Å². The van der Waals surface area contributed by atoms with Crippen molar-refractivity contribution in [3.63, 3.8) is 0 Å². The number of carbonyl (C=O) groups excluding carboxylic acids is 1. The number of likely N-dealkylation sites (tertiary alicyclic amines) is 1. The Balaban J connectivity index is 1.34. The van der Waals surface area contributed by atoms with Gasteiger partial charge in [-0.1, -0.05) is 6.07 Å². The van der Waals surface area contributed by atoms with Gasteiger partial charge < -0.3 is 19.9 Å². The number of hydrogen-bond donors (Lipinski definition) is 2. The lowest BCUT2D eigenvalue weighted by molar-refractivity contribution is 0.0314. The first-order valence-corrected chi connectivity index (χ1v) is 8.72. The number of nitrogens with zero attached hydrogens (tertiary/aromatic N) is 2. The molecule has 0 unspecified atom stereocenters. The summed E-state index contributed by atoms with van der Waals surface area (Å²) in [5.74, 6) is 0.567. The van der Waals surface area contributed by atoms with E-state index in [9.17, 15) is 4.79 Å². The number of nitrogens with one attached hydrogen (secondary N) is 2.